The van der Waals surface area contributed by atoms with Crippen LogP contribution in [0.25, 0.3) is 0 Å². The van der Waals surface area contributed by atoms with Crippen LogP contribution in [0.3, 0.4) is 0 Å². The third-order valence-corrected chi connectivity index (χ3v) is 1.12. The number of rotatable bonds is 4. The van der Waals surface area contributed by atoms with Gasteiger partial charge in [0.05, 0.1) is 0 Å². The highest BCUT2D eigenvalue weighted by atomic mass is 32.2. The molecule has 2 atom stereocenters. The summed E-state index contributed by atoms with van der Waals surface area (Å²) >= 11 is -1.48. The Hall–Kier alpha value is -0.260. The number of carbonyl (C=O) groups is 1. The first-order valence-corrected chi connectivity index (χ1v) is 4.20. The molecule has 60 valence electrons. The van der Waals surface area contributed by atoms with Crippen molar-refractivity contribution in [2.45, 2.75) is 20.0 Å². The van der Waals surface area contributed by atoms with Gasteiger partial charge in [-0.2, -0.15) is 0 Å². The molecule has 5 heteroatoms. The Kier molecular flexibility index (Phi) is 4.42. The fourth-order valence-corrected chi connectivity index (χ4v) is 0.410. The van der Waals surface area contributed by atoms with E-state index < -0.39 is 17.2 Å². The van der Waals surface area contributed by atoms with Crippen molar-refractivity contribution >= 4 is 16.9 Å². The number of Topliss-reactive ketones (excluding diaryl/α,β-unsaturated/α-hetero) is 1. The van der Waals surface area contributed by atoms with E-state index in [1.165, 1.54) is 20.1 Å². The van der Waals surface area contributed by atoms with Gasteiger partial charge in [-0.3, -0.25) is 4.79 Å². The van der Waals surface area contributed by atoms with Gasteiger partial charge in [0, 0.05) is 6.26 Å². The van der Waals surface area contributed by atoms with Crippen LogP contribution in [-0.4, -0.2) is 22.4 Å². The normalized spacial score (nSPS) is 16.3. The average molecular weight is 166 g/mol. The van der Waals surface area contributed by atoms with E-state index in [-0.39, 0.29) is 5.78 Å². The van der Waals surface area contributed by atoms with E-state index in [1.54, 1.807) is 0 Å². The monoisotopic (exact) mass is 166 g/mol. The molecule has 4 nitrogen and oxygen atoms in total. The van der Waals surface area contributed by atoms with Gasteiger partial charge in [0.25, 0.3) is 0 Å². The van der Waals surface area contributed by atoms with Gasteiger partial charge in [-0.1, -0.05) is 0 Å². The molecule has 0 aromatic heterocycles. The van der Waals surface area contributed by atoms with E-state index >= 15 is 0 Å². The van der Waals surface area contributed by atoms with E-state index in [0.29, 0.717) is 0 Å². The van der Waals surface area contributed by atoms with Crippen LogP contribution in [0.2, 0.25) is 0 Å². The van der Waals surface area contributed by atoms with Crippen molar-refractivity contribution in [3.05, 3.63) is 0 Å². The summed E-state index contributed by atoms with van der Waals surface area (Å²) in [5.41, 5.74) is 0. The van der Waals surface area contributed by atoms with E-state index in [2.05, 4.69) is 9.22 Å². The number of ketones is 1. The van der Waals surface area contributed by atoms with Gasteiger partial charge in [-0.25, -0.2) is 9.10 Å². The molecule has 0 saturated heterocycles. The van der Waals surface area contributed by atoms with Crippen LogP contribution in [0.15, 0.2) is 0 Å². The lowest BCUT2D eigenvalue weighted by molar-refractivity contribution is -0.226. The summed E-state index contributed by atoms with van der Waals surface area (Å²) < 4.78 is 14.4. The fraction of sp³-hybridized carbons (Fsp3) is 0.800. The summed E-state index contributed by atoms with van der Waals surface area (Å²) in [4.78, 5) is 14.9. The zero-order valence-electron chi connectivity index (χ0n) is 6.12. The van der Waals surface area contributed by atoms with Gasteiger partial charge in [0.1, 0.15) is 6.10 Å². The molecular formula is C5H10O4S. The van der Waals surface area contributed by atoms with Crippen LogP contribution in [-0.2, 0) is 25.1 Å². The van der Waals surface area contributed by atoms with Gasteiger partial charge >= 0.3 is 0 Å². The standard InChI is InChI=1S/C5H10O4S/c1-4(6)5(2)8-9-10(3)7/h5H,1-3H3. The predicted molar refractivity (Wildman–Crippen MR) is 36.4 cm³/mol. The summed E-state index contributed by atoms with van der Waals surface area (Å²) in [5, 5.41) is 0. The van der Waals surface area contributed by atoms with Gasteiger partial charge in [0.2, 0.25) is 0 Å². The Morgan fingerprint density at radius 3 is 2.40 bits per heavy atom. The zero-order chi connectivity index (χ0) is 8.15. The summed E-state index contributed by atoms with van der Waals surface area (Å²) in [7, 11) is 0. The molecule has 0 spiro atoms. The lowest BCUT2D eigenvalue weighted by Gasteiger charge is -2.04. The second kappa shape index (κ2) is 4.54. The molecule has 0 heterocycles. The minimum atomic E-state index is -1.48. The van der Waals surface area contributed by atoms with Crippen molar-refractivity contribution in [2.24, 2.45) is 0 Å². The molecule has 0 aromatic carbocycles. The Balaban J connectivity index is 3.49. The third-order valence-electron chi connectivity index (χ3n) is 0.852. The number of hydrogen-bond donors (Lipinski definition) is 0. The minimum Gasteiger partial charge on any atom is -0.297 e. The fourth-order valence-electron chi connectivity index (χ4n) is 0.182. The van der Waals surface area contributed by atoms with Crippen molar-refractivity contribution in [2.75, 3.05) is 6.26 Å². The van der Waals surface area contributed by atoms with Crippen LogP contribution >= 0.6 is 0 Å². The van der Waals surface area contributed by atoms with Crippen LogP contribution in [0.1, 0.15) is 13.8 Å². The first-order chi connectivity index (χ1) is 4.54. The van der Waals surface area contributed by atoms with Crippen molar-refractivity contribution in [3.8, 4) is 0 Å². The third kappa shape index (κ3) is 4.60. The smallest absolute Gasteiger partial charge is 0.184 e. The van der Waals surface area contributed by atoms with Crippen LogP contribution in [0.4, 0.5) is 0 Å². The maximum atomic E-state index is 10.5. The Morgan fingerprint density at radius 2 is 2.10 bits per heavy atom. The second-order valence-electron chi connectivity index (χ2n) is 1.82. The van der Waals surface area contributed by atoms with E-state index in [1.807, 2.05) is 0 Å². The van der Waals surface area contributed by atoms with Crippen molar-refractivity contribution < 1.29 is 18.2 Å². The second-order valence-corrected chi connectivity index (χ2v) is 2.76. The molecule has 0 aliphatic carbocycles. The topological polar surface area (TPSA) is 52.6 Å². The van der Waals surface area contributed by atoms with Crippen LogP contribution in [0.5, 0.6) is 0 Å². The maximum Gasteiger partial charge on any atom is 0.184 e. The van der Waals surface area contributed by atoms with Crippen LogP contribution < -0.4 is 0 Å². The molecular weight excluding hydrogens is 156 g/mol. The molecule has 0 aliphatic rings. The van der Waals surface area contributed by atoms with E-state index in [0.717, 1.165) is 0 Å². The highest BCUT2D eigenvalue weighted by Crippen LogP contribution is 1.93. The molecule has 2 unspecified atom stereocenters. The largest absolute Gasteiger partial charge is 0.297 e. The highest BCUT2D eigenvalue weighted by molar-refractivity contribution is 7.79. The first-order valence-electron chi connectivity index (χ1n) is 2.71. The predicted octanol–water partition coefficient (Wildman–Crippen LogP) is 0.206. The van der Waals surface area contributed by atoms with E-state index in [4.69, 9.17) is 0 Å². The summed E-state index contributed by atoms with van der Waals surface area (Å²) in [6, 6.07) is 0. The summed E-state index contributed by atoms with van der Waals surface area (Å²) in [6.45, 7) is 2.89. The van der Waals surface area contributed by atoms with Gasteiger partial charge in [0.15, 0.2) is 16.9 Å². The SMILES string of the molecule is CC(=O)C(C)OOS(C)=O. The summed E-state index contributed by atoms with van der Waals surface area (Å²) in [5.74, 6) is -0.162. The molecule has 10 heavy (non-hydrogen) atoms. The van der Waals surface area contributed by atoms with Crippen molar-refractivity contribution in [1.29, 1.82) is 0 Å². The molecule has 0 amide bonds. The minimum absolute atomic E-state index is 0.162. The lowest BCUT2D eigenvalue weighted by atomic mass is 10.3. The molecule has 0 aromatic rings. The maximum absolute atomic E-state index is 10.5. The van der Waals surface area contributed by atoms with Gasteiger partial charge < -0.3 is 0 Å². The Labute approximate surface area is 62.1 Å². The van der Waals surface area contributed by atoms with Gasteiger partial charge in [-0.05, 0) is 13.8 Å². The van der Waals surface area contributed by atoms with Crippen LogP contribution in [0, 0.1) is 0 Å². The van der Waals surface area contributed by atoms with Gasteiger partial charge in [-0.15, -0.1) is 4.33 Å². The van der Waals surface area contributed by atoms with Crippen molar-refractivity contribution in [3.63, 3.8) is 0 Å². The molecule has 0 fully saturated rings. The number of carbonyl (C=O) groups excluding carboxylic acids is 1. The zero-order valence-corrected chi connectivity index (χ0v) is 6.94. The average Bonchev–Trinajstić information content (AvgIpc) is 1.82. The Morgan fingerprint density at radius 1 is 1.60 bits per heavy atom. The highest BCUT2D eigenvalue weighted by Gasteiger charge is 2.08. The van der Waals surface area contributed by atoms with Crippen molar-refractivity contribution in [1.82, 2.24) is 0 Å². The molecule has 0 N–H and O–H groups in total. The number of hydrogen-bond acceptors (Lipinski definition) is 4. The molecule has 0 aliphatic heterocycles. The molecule has 0 bridgehead atoms. The molecule has 0 saturated carbocycles. The van der Waals surface area contributed by atoms with E-state index in [9.17, 15) is 9.00 Å². The molecule has 0 radical (unpaired) electrons. The first kappa shape index (κ1) is 9.74. The quantitative estimate of drug-likeness (QED) is 0.442. The summed E-state index contributed by atoms with van der Waals surface area (Å²) in [6.07, 6.45) is 0.663. The Bertz CT molecular complexity index is 145. The molecule has 0 rings (SSSR count). The lowest BCUT2D eigenvalue weighted by Crippen LogP contribution is -2.17.